The summed E-state index contributed by atoms with van der Waals surface area (Å²) in [6, 6.07) is 1.82. The minimum Gasteiger partial charge on any atom is -0.298 e. The van der Waals surface area contributed by atoms with Gasteiger partial charge in [-0.25, -0.2) is 14.6 Å². The van der Waals surface area contributed by atoms with Gasteiger partial charge in [-0.3, -0.25) is 14.8 Å². The van der Waals surface area contributed by atoms with Crippen LogP contribution in [0.4, 0.5) is 5.13 Å². The SMILES string of the molecule is CCCCn1nc(C)c2c(C(=O)Nc3nc(-c4cnn(C)c4C)cs3)cc(C)nc21. The van der Waals surface area contributed by atoms with E-state index in [0.717, 1.165) is 58.8 Å². The highest BCUT2D eigenvalue weighted by Gasteiger charge is 2.20. The van der Waals surface area contributed by atoms with E-state index in [1.165, 1.54) is 11.3 Å². The number of nitrogens with zero attached hydrogens (tertiary/aromatic N) is 6. The predicted octanol–water partition coefficient (Wildman–Crippen LogP) is 4.27. The van der Waals surface area contributed by atoms with E-state index in [0.29, 0.717) is 10.7 Å². The fraction of sp³-hybridized carbons (Fsp3) is 0.381. The van der Waals surface area contributed by atoms with Crippen molar-refractivity contribution in [3.63, 3.8) is 0 Å². The van der Waals surface area contributed by atoms with Crippen LogP contribution in [0.25, 0.3) is 22.3 Å². The van der Waals surface area contributed by atoms with Gasteiger partial charge in [0, 0.05) is 35.9 Å². The number of nitrogens with one attached hydrogen (secondary N) is 1. The van der Waals surface area contributed by atoms with E-state index in [1.807, 2.05) is 48.6 Å². The number of carbonyl (C=O) groups is 1. The van der Waals surface area contributed by atoms with Crippen molar-refractivity contribution in [1.82, 2.24) is 29.5 Å². The first-order valence-electron chi connectivity index (χ1n) is 9.99. The van der Waals surface area contributed by atoms with Crippen LogP contribution in [0.3, 0.4) is 0 Å². The Morgan fingerprint density at radius 1 is 1.23 bits per heavy atom. The van der Waals surface area contributed by atoms with Crippen LogP contribution in [-0.4, -0.2) is 35.4 Å². The molecule has 0 aliphatic heterocycles. The quantitative estimate of drug-likeness (QED) is 0.500. The average molecular weight is 424 g/mol. The number of fused-ring (bicyclic) bond motifs is 1. The largest absolute Gasteiger partial charge is 0.298 e. The fourth-order valence-electron chi connectivity index (χ4n) is 3.49. The zero-order chi connectivity index (χ0) is 21.4. The molecule has 156 valence electrons. The third kappa shape index (κ3) is 3.60. The molecule has 8 nitrogen and oxygen atoms in total. The van der Waals surface area contributed by atoms with E-state index in [4.69, 9.17) is 0 Å². The molecule has 9 heteroatoms. The molecule has 4 rings (SSSR count). The third-order valence-electron chi connectivity index (χ3n) is 5.21. The van der Waals surface area contributed by atoms with Crippen molar-refractivity contribution in [1.29, 1.82) is 0 Å². The topological polar surface area (TPSA) is 90.5 Å². The van der Waals surface area contributed by atoms with Gasteiger partial charge in [0.15, 0.2) is 10.8 Å². The van der Waals surface area contributed by atoms with Crippen molar-refractivity contribution < 1.29 is 4.79 Å². The number of unbranched alkanes of at least 4 members (excludes halogenated alkanes) is 1. The zero-order valence-corrected chi connectivity index (χ0v) is 18.7. The molecule has 1 N–H and O–H groups in total. The van der Waals surface area contributed by atoms with E-state index >= 15 is 0 Å². The fourth-order valence-corrected chi connectivity index (χ4v) is 4.20. The van der Waals surface area contributed by atoms with E-state index in [-0.39, 0.29) is 5.91 Å². The Bertz CT molecular complexity index is 1230. The van der Waals surface area contributed by atoms with Gasteiger partial charge in [0.25, 0.3) is 5.91 Å². The smallest absolute Gasteiger partial charge is 0.258 e. The summed E-state index contributed by atoms with van der Waals surface area (Å²) in [6.07, 6.45) is 3.88. The molecule has 0 aromatic carbocycles. The number of hydrogen-bond donors (Lipinski definition) is 1. The molecule has 30 heavy (non-hydrogen) atoms. The highest BCUT2D eigenvalue weighted by Crippen LogP contribution is 2.28. The molecule has 0 aliphatic rings. The number of aryl methyl sites for hydroxylation is 4. The number of anilines is 1. The number of rotatable bonds is 6. The molecule has 0 atom stereocenters. The van der Waals surface area contributed by atoms with Crippen LogP contribution in [0.5, 0.6) is 0 Å². The lowest BCUT2D eigenvalue weighted by atomic mass is 10.1. The summed E-state index contributed by atoms with van der Waals surface area (Å²) in [6.45, 7) is 8.75. The average Bonchev–Trinajstić information content (AvgIpc) is 3.39. The summed E-state index contributed by atoms with van der Waals surface area (Å²) < 4.78 is 3.72. The second kappa shape index (κ2) is 7.98. The second-order valence-electron chi connectivity index (χ2n) is 7.43. The predicted molar refractivity (Wildman–Crippen MR) is 119 cm³/mol. The molecule has 0 spiro atoms. The Kier molecular flexibility index (Phi) is 5.38. The summed E-state index contributed by atoms with van der Waals surface area (Å²) in [4.78, 5) is 22.4. The highest BCUT2D eigenvalue weighted by atomic mass is 32.1. The van der Waals surface area contributed by atoms with Crippen LogP contribution < -0.4 is 5.32 Å². The van der Waals surface area contributed by atoms with Gasteiger partial charge in [0.05, 0.1) is 28.5 Å². The normalized spacial score (nSPS) is 11.4. The van der Waals surface area contributed by atoms with Crippen LogP contribution in [0, 0.1) is 20.8 Å². The minimum atomic E-state index is -0.201. The van der Waals surface area contributed by atoms with Crippen LogP contribution in [0.15, 0.2) is 17.6 Å². The molecular formula is C21H25N7OS. The van der Waals surface area contributed by atoms with Crippen molar-refractivity contribution in [2.75, 3.05) is 5.32 Å². The minimum absolute atomic E-state index is 0.201. The highest BCUT2D eigenvalue weighted by molar-refractivity contribution is 7.14. The lowest BCUT2D eigenvalue weighted by Gasteiger charge is -2.07. The molecule has 0 aliphatic carbocycles. The van der Waals surface area contributed by atoms with E-state index in [2.05, 4.69) is 32.4 Å². The maximum atomic E-state index is 13.1. The molecule has 1 amide bonds. The lowest BCUT2D eigenvalue weighted by Crippen LogP contribution is -2.13. The van der Waals surface area contributed by atoms with Crippen LogP contribution in [-0.2, 0) is 13.6 Å². The molecule has 4 heterocycles. The Hall–Kier alpha value is -3.07. The van der Waals surface area contributed by atoms with Gasteiger partial charge < -0.3 is 0 Å². The van der Waals surface area contributed by atoms with Gasteiger partial charge in [-0.05, 0) is 33.3 Å². The van der Waals surface area contributed by atoms with Crippen molar-refractivity contribution in [2.24, 2.45) is 7.05 Å². The molecule has 0 bridgehead atoms. The van der Waals surface area contributed by atoms with Crippen molar-refractivity contribution in [2.45, 2.75) is 47.1 Å². The monoisotopic (exact) mass is 423 g/mol. The summed E-state index contributed by atoms with van der Waals surface area (Å²) in [5.74, 6) is -0.201. The standard InChI is InChI=1S/C21H25N7OS/c1-6-7-8-28-19-18(13(3)26-28)15(9-12(2)23-19)20(29)25-21-24-17(11-30-21)16-10-22-27(5)14(16)4/h9-11H,6-8H2,1-5H3,(H,24,25,29). The van der Waals surface area contributed by atoms with E-state index in [1.54, 1.807) is 6.20 Å². The van der Waals surface area contributed by atoms with Gasteiger partial charge in [0.1, 0.15) is 0 Å². The number of carbonyl (C=O) groups excluding carboxylic acids is 1. The van der Waals surface area contributed by atoms with Gasteiger partial charge >= 0.3 is 0 Å². The molecule has 0 radical (unpaired) electrons. The Morgan fingerprint density at radius 2 is 2.03 bits per heavy atom. The van der Waals surface area contributed by atoms with Gasteiger partial charge in [-0.1, -0.05) is 13.3 Å². The van der Waals surface area contributed by atoms with Gasteiger partial charge in [0.2, 0.25) is 0 Å². The van der Waals surface area contributed by atoms with E-state index < -0.39 is 0 Å². The van der Waals surface area contributed by atoms with Crippen LogP contribution >= 0.6 is 11.3 Å². The maximum Gasteiger partial charge on any atom is 0.258 e. The third-order valence-corrected chi connectivity index (χ3v) is 5.97. The van der Waals surface area contributed by atoms with Crippen LogP contribution in [0.1, 0.15) is 47.2 Å². The van der Waals surface area contributed by atoms with Crippen molar-refractivity contribution >= 4 is 33.4 Å². The number of pyridine rings is 1. The van der Waals surface area contributed by atoms with Crippen molar-refractivity contribution in [3.8, 4) is 11.3 Å². The van der Waals surface area contributed by atoms with E-state index in [9.17, 15) is 4.79 Å². The van der Waals surface area contributed by atoms with Gasteiger partial charge in [-0.15, -0.1) is 11.3 Å². The molecule has 0 saturated carbocycles. The van der Waals surface area contributed by atoms with Gasteiger partial charge in [-0.2, -0.15) is 10.2 Å². The first kappa shape index (κ1) is 20.2. The number of aromatic nitrogens is 6. The first-order chi connectivity index (χ1) is 14.4. The molecular weight excluding hydrogens is 398 g/mol. The Balaban J connectivity index is 1.66. The summed E-state index contributed by atoms with van der Waals surface area (Å²) in [5.41, 5.74) is 5.73. The maximum absolute atomic E-state index is 13.1. The number of thiazole rings is 1. The number of amides is 1. The molecule has 4 aromatic heterocycles. The molecule has 4 aromatic rings. The first-order valence-corrected chi connectivity index (χ1v) is 10.9. The second-order valence-corrected chi connectivity index (χ2v) is 8.29. The molecule has 0 saturated heterocycles. The summed E-state index contributed by atoms with van der Waals surface area (Å²) in [7, 11) is 1.90. The number of hydrogen-bond acceptors (Lipinski definition) is 6. The Morgan fingerprint density at radius 3 is 2.73 bits per heavy atom. The lowest BCUT2D eigenvalue weighted by molar-refractivity contribution is 0.102. The summed E-state index contributed by atoms with van der Waals surface area (Å²) >= 11 is 1.40. The van der Waals surface area contributed by atoms with Crippen LogP contribution in [0.2, 0.25) is 0 Å². The van der Waals surface area contributed by atoms with Crippen molar-refractivity contribution in [3.05, 3.63) is 40.3 Å². The zero-order valence-electron chi connectivity index (χ0n) is 17.9. The molecule has 0 fully saturated rings. The summed E-state index contributed by atoms with van der Waals surface area (Å²) in [5, 5.41) is 15.1. The Labute approximate surface area is 179 Å². The molecule has 0 unspecified atom stereocenters.